The Morgan fingerprint density at radius 2 is 1.68 bits per heavy atom. The third-order valence-electron chi connectivity index (χ3n) is 6.51. The van der Waals surface area contributed by atoms with Crippen molar-refractivity contribution >= 4 is 52.3 Å². The number of aliphatic imine (C=N–C) groups is 1. The van der Waals surface area contributed by atoms with Crippen molar-refractivity contribution in [2.45, 2.75) is 63.7 Å². The predicted molar refractivity (Wildman–Crippen MR) is 161 cm³/mol. The molecule has 0 fully saturated rings. The quantitative estimate of drug-likeness (QED) is 0.0705. The van der Waals surface area contributed by atoms with Crippen molar-refractivity contribution in [1.29, 1.82) is 0 Å². The first kappa shape index (κ1) is 33.4. The predicted octanol–water partition coefficient (Wildman–Crippen LogP) is 0.0394. The average Bonchev–Trinajstić information content (AvgIpc) is 3.33. The van der Waals surface area contributed by atoms with Crippen molar-refractivity contribution in [3.8, 4) is 0 Å². The molecule has 11 N–H and O–H groups in total. The number of thioether (sulfide) groups is 1. The van der Waals surface area contributed by atoms with Gasteiger partial charge in [0.1, 0.15) is 18.1 Å². The zero-order chi connectivity index (χ0) is 30.5. The van der Waals surface area contributed by atoms with Gasteiger partial charge in [-0.1, -0.05) is 32.0 Å². The second kappa shape index (κ2) is 16.5. The Morgan fingerprint density at radius 1 is 1.00 bits per heavy atom. The number of carbonyl (C=O) groups excluding carboxylic acids is 3. The average molecular weight is 591 g/mol. The molecule has 0 aliphatic heterocycles. The molecule has 1 aromatic heterocycles. The van der Waals surface area contributed by atoms with Crippen LogP contribution in [0.5, 0.6) is 0 Å². The van der Waals surface area contributed by atoms with Crippen molar-refractivity contribution in [2.24, 2.45) is 28.1 Å². The summed E-state index contributed by atoms with van der Waals surface area (Å²) in [6, 6.07) is 3.35. The third-order valence-corrected chi connectivity index (χ3v) is 7.15. The minimum Gasteiger partial charge on any atom is -0.480 e. The molecular weight excluding hydrogens is 548 g/mol. The van der Waals surface area contributed by atoms with Crippen molar-refractivity contribution in [1.82, 2.24) is 20.9 Å². The largest absolute Gasteiger partial charge is 0.480 e. The number of benzene rings is 1. The molecular formula is C27H42N8O5S. The Labute approximate surface area is 243 Å². The summed E-state index contributed by atoms with van der Waals surface area (Å²) in [6.45, 7) is 3.69. The molecule has 0 spiro atoms. The lowest BCUT2D eigenvalue weighted by molar-refractivity contribution is -0.142. The van der Waals surface area contributed by atoms with Gasteiger partial charge in [0.25, 0.3) is 0 Å². The van der Waals surface area contributed by atoms with E-state index < -0.39 is 47.9 Å². The molecule has 1 aromatic carbocycles. The standard InChI is InChI=1S/C27H42N8O5S/c1-15(2)22(25(38)34-21(26(39)40)13-16-14-32-19-8-5-4-7-17(16)19)35-24(37)20(9-6-11-31-27(29)30)33-23(36)18(28)10-12-41-3/h4-5,7-8,14-15,18,20-22,32H,6,9-13,28H2,1-3H3,(H,33,36)(H,34,38)(H,35,37)(H,39,40)(H4,29,30,31). The van der Waals surface area contributed by atoms with Crippen molar-refractivity contribution in [3.05, 3.63) is 36.0 Å². The van der Waals surface area contributed by atoms with Crippen LogP contribution in [0.3, 0.4) is 0 Å². The van der Waals surface area contributed by atoms with Crippen LogP contribution in [0, 0.1) is 5.92 Å². The summed E-state index contributed by atoms with van der Waals surface area (Å²) in [6.07, 6.45) is 4.65. The van der Waals surface area contributed by atoms with E-state index in [0.29, 0.717) is 18.6 Å². The maximum Gasteiger partial charge on any atom is 0.326 e. The minimum atomic E-state index is -1.23. The normalized spacial score (nSPS) is 14.1. The number of guanidine groups is 1. The molecule has 2 aromatic rings. The van der Waals surface area contributed by atoms with E-state index >= 15 is 0 Å². The van der Waals surface area contributed by atoms with Gasteiger partial charge in [0.05, 0.1) is 6.04 Å². The first-order chi connectivity index (χ1) is 19.4. The van der Waals surface area contributed by atoms with Gasteiger partial charge in [-0.25, -0.2) is 4.79 Å². The topological polar surface area (TPSA) is 231 Å². The molecule has 13 nitrogen and oxygen atoms in total. The molecule has 0 radical (unpaired) electrons. The number of aromatic amines is 1. The van der Waals surface area contributed by atoms with Gasteiger partial charge < -0.3 is 43.2 Å². The Morgan fingerprint density at radius 3 is 2.32 bits per heavy atom. The number of carboxylic acids is 1. The summed E-state index contributed by atoms with van der Waals surface area (Å²) < 4.78 is 0. The van der Waals surface area contributed by atoms with Crippen LogP contribution in [-0.2, 0) is 25.6 Å². The fraction of sp³-hybridized carbons (Fsp3) is 0.519. The van der Waals surface area contributed by atoms with Crippen LogP contribution < -0.4 is 33.2 Å². The SMILES string of the molecule is CSCCC(N)C(=O)NC(CCCN=C(N)N)C(=O)NC(C(=O)NC(Cc1c[nH]c2ccccc12)C(=O)O)C(C)C. The van der Waals surface area contributed by atoms with Gasteiger partial charge in [-0.05, 0) is 48.8 Å². The number of carbonyl (C=O) groups is 4. The Bertz CT molecular complexity index is 1210. The highest BCUT2D eigenvalue weighted by Gasteiger charge is 2.32. The maximum atomic E-state index is 13.3. The van der Waals surface area contributed by atoms with Gasteiger partial charge in [0.2, 0.25) is 17.7 Å². The van der Waals surface area contributed by atoms with Crippen LogP contribution in [0.15, 0.2) is 35.5 Å². The number of hydrogen-bond acceptors (Lipinski definition) is 7. The monoisotopic (exact) mass is 590 g/mol. The number of nitrogens with zero attached hydrogens (tertiary/aromatic N) is 1. The Hall–Kier alpha value is -3.78. The molecule has 0 saturated heterocycles. The minimum absolute atomic E-state index is 0.0429. The first-order valence-electron chi connectivity index (χ1n) is 13.4. The molecule has 1 heterocycles. The third kappa shape index (κ3) is 10.6. The molecule has 3 amide bonds. The number of aromatic nitrogens is 1. The van der Waals surface area contributed by atoms with Crippen LogP contribution in [0.2, 0.25) is 0 Å². The van der Waals surface area contributed by atoms with Gasteiger partial charge in [0, 0.05) is 30.1 Å². The van der Waals surface area contributed by atoms with Crippen LogP contribution in [-0.4, -0.2) is 82.5 Å². The molecule has 226 valence electrons. The van der Waals surface area contributed by atoms with E-state index in [1.165, 1.54) is 0 Å². The number of nitrogens with two attached hydrogens (primary N) is 3. The van der Waals surface area contributed by atoms with E-state index in [2.05, 4.69) is 25.9 Å². The summed E-state index contributed by atoms with van der Waals surface area (Å²) in [5.74, 6) is -2.75. The Kier molecular flexibility index (Phi) is 13.4. The highest BCUT2D eigenvalue weighted by molar-refractivity contribution is 7.98. The van der Waals surface area contributed by atoms with E-state index in [9.17, 15) is 24.3 Å². The van der Waals surface area contributed by atoms with Crippen LogP contribution in [0.4, 0.5) is 0 Å². The van der Waals surface area contributed by atoms with Gasteiger partial charge >= 0.3 is 5.97 Å². The zero-order valence-corrected chi connectivity index (χ0v) is 24.5. The molecule has 41 heavy (non-hydrogen) atoms. The van der Waals surface area contributed by atoms with Gasteiger partial charge in [-0.3, -0.25) is 19.4 Å². The van der Waals surface area contributed by atoms with Crippen LogP contribution in [0.25, 0.3) is 10.9 Å². The smallest absolute Gasteiger partial charge is 0.326 e. The van der Waals surface area contributed by atoms with E-state index in [0.717, 1.165) is 16.5 Å². The number of hydrogen-bond donors (Lipinski definition) is 8. The number of amides is 3. The lowest BCUT2D eigenvalue weighted by atomic mass is 10.00. The van der Waals surface area contributed by atoms with Gasteiger partial charge in [-0.15, -0.1) is 0 Å². The molecule has 0 aliphatic rings. The fourth-order valence-corrected chi connectivity index (χ4v) is 4.69. The summed E-state index contributed by atoms with van der Waals surface area (Å²) in [7, 11) is 0. The number of rotatable bonds is 17. The van der Waals surface area contributed by atoms with E-state index in [-0.39, 0.29) is 31.3 Å². The van der Waals surface area contributed by atoms with E-state index in [4.69, 9.17) is 17.2 Å². The van der Waals surface area contributed by atoms with E-state index in [1.807, 2.05) is 30.5 Å². The summed E-state index contributed by atoms with van der Waals surface area (Å²) >= 11 is 1.55. The molecule has 0 aliphatic carbocycles. The number of carboxylic acid groups (broad SMARTS) is 1. The maximum absolute atomic E-state index is 13.3. The number of para-hydroxylation sites is 1. The summed E-state index contributed by atoms with van der Waals surface area (Å²) in [5.41, 5.74) is 18.3. The highest BCUT2D eigenvalue weighted by atomic mass is 32.2. The second-order valence-corrected chi connectivity index (χ2v) is 11.1. The lowest BCUT2D eigenvalue weighted by Gasteiger charge is -2.27. The highest BCUT2D eigenvalue weighted by Crippen LogP contribution is 2.19. The number of aliphatic carboxylic acids is 1. The molecule has 4 unspecified atom stereocenters. The first-order valence-corrected chi connectivity index (χ1v) is 14.8. The summed E-state index contributed by atoms with van der Waals surface area (Å²) in [5, 5.41) is 18.7. The zero-order valence-electron chi connectivity index (χ0n) is 23.7. The number of fused-ring (bicyclic) bond motifs is 1. The van der Waals surface area contributed by atoms with Crippen molar-refractivity contribution in [3.63, 3.8) is 0 Å². The second-order valence-electron chi connectivity index (χ2n) is 10.1. The number of nitrogens with one attached hydrogen (secondary N) is 4. The molecule has 14 heteroatoms. The van der Waals surface area contributed by atoms with Crippen molar-refractivity contribution in [2.75, 3.05) is 18.6 Å². The van der Waals surface area contributed by atoms with Crippen LogP contribution in [0.1, 0.15) is 38.7 Å². The molecule has 0 saturated carbocycles. The van der Waals surface area contributed by atoms with Gasteiger partial charge in [0.15, 0.2) is 5.96 Å². The van der Waals surface area contributed by atoms with Crippen LogP contribution >= 0.6 is 11.8 Å². The molecule has 0 bridgehead atoms. The summed E-state index contributed by atoms with van der Waals surface area (Å²) in [4.78, 5) is 58.4. The molecule has 4 atom stereocenters. The molecule has 2 rings (SSSR count). The van der Waals surface area contributed by atoms with Crippen molar-refractivity contribution < 1.29 is 24.3 Å². The fourth-order valence-electron chi connectivity index (χ4n) is 4.20. The Balaban J connectivity index is 2.15. The van der Waals surface area contributed by atoms with Gasteiger partial charge in [-0.2, -0.15) is 11.8 Å². The lowest BCUT2D eigenvalue weighted by Crippen LogP contribution is -2.58. The number of H-pyrrole nitrogens is 1. The van der Waals surface area contributed by atoms with E-state index in [1.54, 1.807) is 31.8 Å².